The van der Waals surface area contributed by atoms with E-state index in [4.69, 9.17) is 4.74 Å². The zero-order valence-corrected chi connectivity index (χ0v) is 12.1. The normalized spacial score (nSPS) is 12.1. The highest BCUT2D eigenvalue weighted by atomic mass is 79.9. The Morgan fingerprint density at radius 2 is 2.17 bits per heavy atom. The summed E-state index contributed by atoms with van der Waals surface area (Å²) in [5, 5.41) is 0.530. The van der Waals surface area contributed by atoms with Crippen molar-refractivity contribution < 1.29 is 8.95 Å². The van der Waals surface area contributed by atoms with Crippen LogP contribution in [-0.2, 0) is 16.6 Å². The third kappa shape index (κ3) is 3.14. The molecule has 2 rings (SSSR count). The average molecular weight is 327 g/mol. The number of aromatic nitrogens is 2. The first-order valence-electron chi connectivity index (χ1n) is 5.19. The van der Waals surface area contributed by atoms with Crippen LogP contribution in [0.1, 0.15) is 5.69 Å². The van der Waals surface area contributed by atoms with Crippen molar-refractivity contribution >= 4 is 26.7 Å². The molecule has 6 heteroatoms. The molecular formula is C12H11BrN2O2S. The average Bonchev–Trinajstić information content (AvgIpc) is 2.39. The first kappa shape index (κ1) is 13.2. The molecule has 0 aliphatic rings. The first-order chi connectivity index (χ1) is 8.70. The maximum absolute atomic E-state index is 12.2. The standard InChI is InChI=1S/C12H11BrN2O2S/c1-17-11-6-2-4-9(15-11)8-18(16)12-10(13)5-3-7-14-12/h2-7H,8H2,1H3. The number of halogens is 1. The fourth-order valence-electron chi connectivity index (χ4n) is 1.39. The Morgan fingerprint density at radius 3 is 2.89 bits per heavy atom. The fourth-order valence-corrected chi connectivity index (χ4v) is 3.22. The summed E-state index contributed by atoms with van der Waals surface area (Å²) in [6.07, 6.45) is 1.62. The highest BCUT2D eigenvalue weighted by Crippen LogP contribution is 2.19. The minimum absolute atomic E-state index is 0.312. The Kier molecular flexibility index (Phi) is 4.43. The summed E-state index contributed by atoms with van der Waals surface area (Å²) >= 11 is 3.34. The van der Waals surface area contributed by atoms with Crippen LogP contribution in [0.4, 0.5) is 0 Å². The molecule has 0 spiro atoms. The van der Waals surface area contributed by atoms with Gasteiger partial charge in [-0.3, -0.25) is 4.21 Å². The second kappa shape index (κ2) is 6.06. The molecule has 0 N–H and O–H groups in total. The monoisotopic (exact) mass is 326 g/mol. The lowest BCUT2D eigenvalue weighted by Gasteiger charge is -2.04. The van der Waals surface area contributed by atoms with Crippen LogP contribution in [0.3, 0.4) is 0 Å². The minimum atomic E-state index is -1.23. The van der Waals surface area contributed by atoms with E-state index in [0.29, 0.717) is 22.4 Å². The highest BCUT2D eigenvalue weighted by molar-refractivity contribution is 9.10. The molecule has 0 aliphatic heterocycles. The van der Waals surface area contributed by atoms with Gasteiger partial charge in [0.25, 0.3) is 0 Å². The van der Waals surface area contributed by atoms with Crippen LogP contribution in [0.2, 0.25) is 0 Å². The molecule has 0 aromatic carbocycles. The third-order valence-electron chi connectivity index (χ3n) is 2.21. The Labute approximate surface area is 116 Å². The number of hydrogen-bond acceptors (Lipinski definition) is 4. The van der Waals surface area contributed by atoms with E-state index in [2.05, 4.69) is 25.9 Å². The molecule has 1 atom stereocenters. The van der Waals surface area contributed by atoms with Crippen molar-refractivity contribution in [1.29, 1.82) is 0 Å². The number of nitrogens with zero attached hydrogens (tertiary/aromatic N) is 2. The van der Waals surface area contributed by atoms with Gasteiger partial charge in [-0.2, -0.15) is 0 Å². The second-order valence-electron chi connectivity index (χ2n) is 3.45. The minimum Gasteiger partial charge on any atom is -0.481 e. The molecule has 2 aromatic heterocycles. The van der Waals surface area contributed by atoms with Gasteiger partial charge < -0.3 is 4.74 Å². The molecule has 2 heterocycles. The summed E-state index contributed by atoms with van der Waals surface area (Å²) in [6.45, 7) is 0. The molecule has 0 bridgehead atoms. The lowest BCUT2D eigenvalue weighted by Crippen LogP contribution is -2.02. The van der Waals surface area contributed by atoms with E-state index in [1.54, 1.807) is 25.4 Å². The van der Waals surface area contributed by atoms with E-state index in [1.165, 1.54) is 0 Å². The number of pyridine rings is 2. The number of rotatable bonds is 4. The van der Waals surface area contributed by atoms with E-state index in [0.717, 1.165) is 4.47 Å². The Balaban J connectivity index is 2.19. The molecule has 18 heavy (non-hydrogen) atoms. The maximum Gasteiger partial charge on any atom is 0.213 e. The third-order valence-corrected chi connectivity index (χ3v) is 4.43. The summed E-state index contributed by atoms with van der Waals surface area (Å²) < 4.78 is 17.9. The molecule has 1 unspecified atom stereocenters. The molecule has 0 saturated carbocycles. The molecule has 4 nitrogen and oxygen atoms in total. The molecule has 94 valence electrons. The molecule has 2 aromatic rings. The van der Waals surface area contributed by atoms with Crippen LogP contribution in [-0.4, -0.2) is 21.3 Å². The second-order valence-corrected chi connectivity index (χ2v) is 5.67. The lowest BCUT2D eigenvalue weighted by molar-refractivity contribution is 0.397. The predicted octanol–water partition coefficient (Wildman–Crippen LogP) is 2.56. The van der Waals surface area contributed by atoms with Gasteiger partial charge in [-0.1, -0.05) is 6.07 Å². The fraction of sp³-hybridized carbons (Fsp3) is 0.167. The van der Waals surface area contributed by atoms with Crippen LogP contribution in [0.25, 0.3) is 0 Å². The Bertz CT molecular complexity index is 578. The van der Waals surface area contributed by atoms with Gasteiger partial charge >= 0.3 is 0 Å². The maximum atomic E-state index is 12.2. The van der Waals surface area contributed by atoms with Gasteiger partial charge in [0.05, 0.1) is 33.8 Å². The van der Waals surface area contributed by atoms with Gasteiger partial charge in [-0.25, -0.2) is 9.97 Å². The molecular weight excluding hydrogens is 316 g/mol. The van der Waals surface area contributed by atoms with Gasteiger partial charge in [0.15, 0.2) is 0 Å². The van der Waals surface area contributed by atoms with Gasteiger partial charge in [-0.05, 0) is 34.1 Å². The largest absolute Gasteiger partial charge is 0.481 e. The highest BCUT2D eigenvalue weighted by Gasteiger charge is 2.11. The van der Waals surface area contributed by atoms with Crippen LogP contribution in [0, 0.1) is 0 Å². The summed E-state index contributed by atoms with van der Waals surface area (Å²) in [5.74, 6) is 0.830. The van der Waals surface area contributed by atoms with Gasteiger partial charge in [0.1, 0.15) is 5.03 Å². The summed E-state index contributed by atoms with van der Waals surface area (Å²) in [5.41, 5.74) is 0.713. The Hall–Kier alpha value is -1.27. The van der Waals surface area contributed by atoms with Gasteiger partial charge in [0.2, 0.25) is 5.88 Å². The molecule has 0 radical (unpaired) electrons. The Morgan fingerprint density at radius 1 is 1.33 bits per heavy atom. The van der Waals surface area contributed by atoms with Crippen molar-refractivity contribution in [1.82, 2.24) is 9.97 Å². The van der Waals surface area contributed by atoms with E-state index < -0.39 is 10.8 Å². The summed E-state index contributed by atoms with van der Waals surface area (Å²) in [6, 6.07) is 9.00. The zero-order chi connectivity index (χ0) is 13.0. The number of methoxy groups -OCH3 is 1. The topological polar surface area (TPSA) is 52.1 Å². The van der Waals surface area contributed by atoms with Crippen molar-refractivity contribution in [3.63, 3.8) is 0 Å². The van der Waals surface area contributed by atoms with Crippen LogP contribution < -0.4 is 4.74 Å². The summed E-state index contributed by atoms with van der Waals surface area (Å²) in [4.78, 5) is 8.34. The molecule has 0 fully saturated rings. The smallest absolute Gasteiger partial charge is 0.213 e. The SMILES string of the molecule is COc1cccc(CS(=O)c2ncccc2Br)n1. The van der Waals surface area contributed by atoms with E-state index >= 15 is 0 Å². The van der Waals surface area contributed by atoms with Gasteiger partial charge in [0, 0.05) is 12.3 Å². The van der Waals surface area contributed by atoms with Crippen molar-refractivity contribution in [3.8, 4) is 5.88 Å². The molecule has 0 saturated heterocycles. The van der Waals surface area contributed by atoms with Crippen molar-refractivity contribution in [2.75, 3.05) is 7.11 Å². The van der Waals surface area contributed by atoms with Crippen LogP contribution in [0.5, 0.6) is 5.88 Å². The summed E-state index contributed by atoms with van der Waals surface area (Å²) in [7, 11) is 0.322. The quantitative estimate of drug-likeness (QED) is 0.866. The zero-order valence-electron chi connectivity index (χ0n) is 9.67. The van der Waals surface area contributed by atoms with Crippen LogP contribution in [0.15, 0.2) is 46.0 Å². The van der Waals surface area contributed by atoms with E-state index in [9.17, 15) is 4.21 Å². The van der Waals surface area contributed by atoms with Crippen molar-refractivity contribution in [3.05, 3.63) is 46.7 Å². The van der Waals surface area contributed by atoms with E-state index in [1.807, 2.05) is 18.2 Å². The lowest BCUT2D eigenvalue weighted by atomic mass is 10.4. The molecule has 0 amide bonds. The van der Waals surface area contributed by atoms with Crippen LogP contribution >= 0.6 is 15.9 Å². The van der Waals surface area contributed by atoms with Gasteiger partial charge in [-0.15, -0.1) is 0 Å². The van der Waals surface area contributed by atoms with Crippen molar-refractivity contribution in [2.24, 2.45) is 0 Å². The molecule has 0 aliphatic carbocycles. The number of hydrogen-bond donors (Lipinski definition) is 0. The number of ether oxygens (including phenoxy) is 1. The van der Waals surface area contributed by atoms with Crippen molar-refractivity contribution in [2.45, 2.75) is 10.8 Å². The predicted molar refractivity (Wildman–Crippen MR) is 72.8 cm³/mol. The first-order valence-corrected chi connectivity index (χ1v) is 7.30. The van der Waals surface area contributed by atoms with E-state index in [-0.39, 0.29) is 0 Å².